The number of fused-ring (bicyclic) bond motifs is 2. The van der Waals surface area contributed by atoms with E-state index in [9.17, 15) is 9.59 Å². The molecule has 122 valence electrons. The Morgan fingerprint density at radius 2 is 1.96 bits per heavy atom. The maximum atomic E-state index is 12.6. The Morgan fingerprint density at radius 1 is 1.30 bits per heavy atom. The van der Waals surface area contributed by atoms with Gasteiger partial charge in [0.1, 0.15) is 11.6 Å². The summed E-state index contributed by atoms with van der Waals surface area (Å²) < 4.78 is 5.19. The summed E-state index contributed by atoms with van der Waals surface area (Å²) >= 11 is 5.36. The van der Waals surface area contributed by atoms with Gasteiger partial charge in [0.15, 0.2) is 5.11 Å². The molecule has 1 atom stereocenters. The van der Waals surface area contributed by atoms with Crippen LogP contribution in [0.15, 0.2) is 24.3 Å². The summed E-state index contributed by atoms with van der Waals surface area (Å²) in [4.78, 5) is 26.4. The van der Waals surface area contributed by atoms with E-state index in [1.54, 1.807) is 20.8 Å². The number of carbonyl (C=O) groups is 2. The zero-order valence-electron chi connectivity index (χ0n) is 13.3. The average molecular weight is 333 g/mol. The number of amides is 2. The second-order valence-corrected chi connectivity index (χ2v) is 7.05. The molecule has 0 radical (unpaired) electrons. The van der Waals surface area contributed by atoms with Gasteiger partial charge in [-0.1, -0.05) is 24.3 Å². The Labute approximate surface area is 140 Å². The summed E-state index contributed by atoms with van der Waals surface area (Å²) in [5, 5.41) is 1.43. The fourth-order valence-corrected chi connectivity index (χ4v) is 3.14. The Morgan fingerprint density at radius 3 is 2.61 bits per heavy atom. The fourth-order valence-electron chi connectivity index (χ4n) is 2.81. The first-order valence-electron chi connectivity index (χ1n) is 7.47. The van der Waals surface area contributed by atoms with E-state index >= 15 is 0 Å². The first-order chi connectivity index (χ1) is 10.8. The van der Waals surface area contributed by atoms with E-state index < -0.39 is 11.7 Å². The number of carbonyl (C=O) groups excluding carboxylic acids is 2. The van der Waals surface area contributed by atoms with Crippen LogP contribution in [0.5, 0.6) is 0 Å². The molecule has 2 amide bonds. The molecule has 0 aromatic heterocycles. The molecular weight excluding hydrogens is 314 g/mol. The molecule has 1 unspecified atom stereocenters. The van der Waals surface area contributed by atoms with Crippen LogP contribution < -0.4 is 5.43 Å². The van der Waals surface area contributed by atoms with Crippen molar-refractivity contribution in [2.24, 2.45) is 0 Å². The number of benzene rings is 1. The van der Waals surface area contributed by atoms with Crippen LogP contribution in [0.25, 0.3) is 0 Å². The summed E-state index contributed by atoms with van der Waals surface area (Å²) in [7, 11) is 0. The number of thiocarbonyl (C=S) groups is 1. The second kappa shape index (κ2) is 5.49. The van der Waals surface area contributed by atoms with Gasteiger partial charge in [0.2, 0.25) is 0 Å². The standard InChI is InChI=1S/C16H19N3O3S/c1-16(2,3)22-14(21)17-19-13(20)12-8-10-6-4-5-7-11(10)9-18(12)15(19)23/h4-7,12H,8-9H2,1-3H3,(H,17,21). The maximum absolute atomic E-state index is 12.6. The van der Waals surface area contributed by atoms with Gasteiger partial charge in [-0.05, 0) is 44.1 Å². The van der Waals surface area contributed by atoms with Crippen molar-refractivity contribution in [3.05, 3.63) is 35.4 Å². The van der Waals surface area contributed by atoms with Crippen LogP contribution in [0.1, 0.15) is 31.9 Å². The number of hydrogen-bond acceptors (Lipinski definition) is 4. The van der Waals surface area contributed by atoms with Crippen LogP contribution >= 0.6 is 12.2 Å². The summed E-state index contributed by atoms with van der Waals surface area (Å²) in [6.07, 6.45) is -0.104. The zero-order valence-corrected chi connectivity index (χ0v) is 14.1. The maximum Gasteiger partial charge on any atom is 0.427 e. The van der Waals surface area contributed by atoms with Crippen molar-refractivity contribution < 1.29 is 14.3 Å². The number of rotatable bonds is 1. The van der Waals surface area contributed by atoms with Crippen LogP contribution in [-0.4, -0.2) is 38.7 Å². The van der Waals surface area contributed by atoms with Gasteiger partial charge in [-0.2, -0.15) is 5.01 Å². The lowest BCUT2D eigenvalue weighted by Gasteiger charge is -2.30. The molecule has 1 N–H and O–H groups in total. The summed E-state index contributed by atoms with van der Waals surface area (Å²) in [5.74, 6) is -0.227. The van der Waals surface area contributed by atoms with Crippen molar-refractivity contribution in [3.8, 4) is 0 Å². The lowest BCUT2D eigenvalue weighted by molar-refractivity contribution is -0.130. The Bertz CT molecular complexity index is 640. The Balaban J connectivity index is 1.76. The topological polar surface area (TPSA) is 61.9 Å². The number of nitrogens with zero attached hydrogens (tertiary/aromatic N) is 2. The van der Waals surface area contributed by atoms with E-state index in [1.165, 1.54) is 0 Å². The van der Waals surface area contributed by atoms with Crippen LogP contribution in [0.3, 0.4) is 0 Å². The van der Waals surface area contributed by atoms with Crippen LogP contribution in [0.4, 0.5) is 4.79 Å². The van der Waals surface area contributed by atoms with Crippen molar-refractivity contribution >= 4 is 29.3 Å². The largest absolute Gasteiger partial charge is 0.443 e. The summed E-state index contributed by atoms with van der Waals surface area (Å²) in [6, 6.07) is 7.61. The molecule has 1 saturated heterocycles. The second-order valence-electron chi connectivity index (χ2n) is 6.69. The number of ether oxygens (including phenoxy) is 1. The predicted octanol–water partition coefficient (Wildman–Crippen LogP) is 1.98. The minimum absolute atomic E-state index is 0.227. The highest BCUT2D eigenvalue weighted by Crippen LogP contribution is 2.29. The first kappa shape index (κ1) is 15.7. The number of hydrazine groups is 1. The van der Waals surface area contributed by atoms with Gasteiger partial charge in [0.25, 0.3) is 5.91 Å². The average Bonchev–Trinajstić information content (AvgIpc) is 2.68. The van der Waals surface area contributed by atoms with Gasteiger partial charge in [-0.15, -0.1) is 0 Å². The zero-order chi connectivity index (χ0) is 16.8. The third-order valence-electron chi connectivity index (χ3n) is 3.79. The van der Waals surface area contributed by atoms with E-state index in [2.05, 4.69) is 5.43 Å². The predicted molar refractivity (Wildman–Crippen MR) is 88.3 cm³/mol. The molecule has 2 heterocycles. The van der Waals surface area contributed by atoms with Gasteiger partial charge < -0.3 is 9.64 Å². The Hall–Kier alpha value is -2.15. The van der Waals surface area contributed by atoms with E-state index in [1.807, 2.05) is 29.2 Å². The molecule has 3 rings (SSSR count). The normalized spacial score (nSPS) is 20.2. The molecule has 2 aliphatic rings. The van der Waals surface area contributed by atoms with E-state index in [0.29, 0.717) is 18.1 Å². The van der Waals surface area contributed by atoms with Gasteiger partial charge in [-0.25, -0.2) is 10.2 Å². The number of hydrogen-bond donors (Lipinski definition) is 1. The molecule has 1 fully saturated rings. The monoisotopic (exact) mass is 333 g/mol. The van der Waals surface area contributed by atoms with E-state index in [0.717, 1.165) is 16.1 Å². The third kappa shape index (κ3) is 3.01. The smallest absolute Gasteiger partial charge is 0.427 e. The lowest BCUT2D eigenvalue weighted by Crippen LogP contribution is -2.48. The van der Waals surface area contributed by atoms with Crippen LogP contribution in [-0.2, 0) is 22.5 Å². The first-order valence-corrected chi connectivity index (χ1v) is 7.88. The van der Waals surface area contributed by atoms with Gasteiger partial charge in [0.05, 0.1) is 0 Å². The highest BCUT2D eigenvalue weighted by Gasteiger charge is 2.46. The molecule has 0 aliphatic carbocycles. The summed E-state index contributed by atoms with van der Waals surface area (Å²) in [5.41, 5.74) is 4.11. The third-order valence-corrected chi connectivity index (χ3v) is 4.21. The summed E-state index contributed by atoms with van der Waals surface area (Å²) in [6.45, 7) is 5.85. The van der Waals surface area contributed by atoms with Crippen molar-refractivity contribution in [3.63, 3.8) is 0 Å². The molecule has 23 heavy (non-hydrogen) atoms. The molecule has 2 aliphatic heterocycles. The fraction of sp³-hybridized carbons (Fsp3) is 0.438. The lowest BCUT2D eigenvalue weighted by atomic mass is 9.95. The van der Waals surface area contributed by atoms with Crippen LogP contribution in [0, 0.1) is 0 Å². The van der Waals surface area contributed by atoms with Crippen molar-refractivity contribution in [1.82, 2.24) is 15.3 Å². The van der Waals surface area contributed by atoms with Gasteiger partial charge >= 0.3 is 6.09 Å². The van der Waals surface area contributed by atoms with Crippen LogP contribution in [0.2, 0.25) is 0 Å². The highest BCUT2D eigenvalue weighted by molar-refractivity contribution is 7.80. The molecule has 0 saturated carbocycles. The molecule has 6 nitrogen and oxygen atoms in total. The molecular formula is C16H19N3O3S. The minimum atomic E-state index is -0.689. The number of nitrogens with one attached hydrogen (secondary N) is 1. The molecule has 1 aromatic rings. The highest BCUT2D eigenvalue weighted by atomic mass is 32.1. The van der Waals surface area contributed by atoms with Crippen molar-refractivity contribution in [2.75, 3.05) is 0 Å². The van der Waals surface area contributed by atoms with Gasteiger partial charge in [-0.3, -0.25) is 4.79 Å². The molecule has 7 heteroatoms. The molecule has 1 aromatic carbocycles. The molecule has 0 spiro atoms. The van der Waals surface area contributed by atoms with Gasteiger partial charge in [0, 0.05) is 13.0 Å². The van der Waals surface area contributed by atoms with E-state index in [-0.39, 0.29) is 11.9 Å². The molecule has 0 bridgehead atoms. The Kier molecular flexibility index (Phi) is 3.75. The van der Waals surface area contributed by atoms with Crippen molar-refractivity contribution in [1.29, 1.82) is 0 Å². The van der Waals surface area contributed by atoms with E-state index in [4.69, 9.17) is 17.0 Å². The van der Waals surface area contributed by atoms with Crippen molar-refractivity contribution in [2.45, 2.75) is 45.4 Å². The SMILES string of the molecule is CC(C)(C)OC(=O)NN1C(=O)C2Cc3ccccc3CN2C1=S. The minimum Gasteiger partial charge on any atom is -0.443 e. The quantitative estimate of drug-likeness (QED) is 0.796.